The molecule has 0 aromatic carbocycles. The normalized spacial score (nSPS) is 16.8. The van der Waals surface area contributed by atoms with Crippen LogP contribution >= 0.6 is 35.7 Å². The van der Waals surface area contributed by atoms with Gasteiger partial charge in [-0.1, -0.05) is 6.07 Å². The first kappa shape index (κ1) is 23.3. The van der Waals surface area contributed by atoms with E-state index < -0.39 is 0 Å². The summed E-state index contributed by atoms with van der Waals surface area (Å²) in [6.07, 6.45) is 1.82. The number of nitrogens with zero attached hydrogens (tertiary/aromatic N) is 3. The van der Waals surface area contributed by atoms with E-state index in [1.54, 1.807) is 7.11 Å². The summed E-state index contributed by atoms with van der Waals surface area (Å²) in [5.41, 5.74) is 1.07. The van der Waals surface area contributed by atoms with Crippen molar-refractivity contribution in [2.24, 2.45) is 4.99 Å². The van der Waals surface area contributed by atoms with Gasteiger partial charge in [0.2, 0.25) is 5.88 Å². The SMILES string of the molecule is CCNC(=NCc1ccc(OCCOC)nc1)N1CCSC(C)(C)C1.I. The Bertz CT molecular complexity index is 555. The highest BCUT2D eigenvalue weighted by Gasteiger charge is 2.28. The number of pyridine rings is 1. The number of nitrogens with one attached hydrogen (secondary N) is 1. The summed E-state index contributed by atoms with van der Waals surface area (Å²) < 4.78 is 10.7. The summed E-state index contributed by atoms with van der Waals surface area (Å²) in [7, 11) is 1.65. The molecule has 1 aliphatic heterocycles. The van der Waals surface area contributed by atoms with E-state index in [1.807, 2.05) is 30.1 Å². The molecule has 26 heavy (non-hydrogen) atoms. The van der Waals surface area contributed by atoms with E-state index in [4.69, 9.17) is 14.5 Å². The van der Waals surface area contributed by atoms with Crippen LogP contribution in [0, 0.1) is 0 Å². The van der Waals surface area contributed by atoms with Crippen molar-refractivity contribution in [3.63, 3.8) is 0 Å². The molecule has 1 aromatic heterocycles. The zero-order valence-corrected chi connectivity index (χ0v) is 19.3. The molecule has 0 spiro atoms. The molecule has 2 heterocycles. The minimum atomic E-state index is 0. The van der Waals surface area contributed by atoms with Crippen LogP contribution in [0.2, 0.25) is 0 Å². The van der Waals surface area contributed by atoms with Crippen molar-refractivity contribution < 1.29 is 9.47 Å². The second kappa shape index (κ2) is 11.9. The van der Waals surface area contributed by atoms with Crippen LogP contribution in [0.15, 0.2) is 23.3 Å². The molecule has 8 heteroatoms. The van der Waals surface area contributed by atoms with Gasteiger partial charge in [-0.2, -0.15) is 11.8 Å². The van der Waals surface area contributed by atoms with Gasteiger partial charge in [0.05, 0.1) is 13.2 Å². The standard InChI is InChI=1S/C18H30N4O2S.HI/c1-5-19-17(22-8-11-25-18(2,3)14-22)21-13-15-6-7-16(20-12-15)24-10-9-23-4;/h6-7,12H,5,8-11,13-14H2,1-4H3,(H,19,21);1H. The molecule has 2 rings (SSSR count). The van der Waals surface area contributed by atoms with Crippen molar-refractivity contribution >= 4 is 41.7 Å². The van der Waals surface area contributed by atoms with Gasteiger partial charge in [-0.25, -0.2) is 9.98 Å². The number of hydrogen-bond acceptors (Lipinski definition) is 5. The minimum absolute atomic E-state index is 0. The van der Waals surface area contributed by atoms with Crippen LogP contribution in [-0.4, -0.2) is 66.3 Å². The van der Waals surface area contributed by atoms with Crippen molar-refractivity contribution in [3.05, 3.63) is 23.9 Å². The summed E-state index contributed by atoms with van der Waals surface area (Å²) >= 11 is 2.03. The van der Waals surface area contributed by atoms with Crippen molar-refractivity contribution in [1.29, 1.82) is 0 Å². The van der Waals surface area contributed by atoms with Crippen molar-refractivity contribution in [1.82, 2.24) is 15.2 Å². The lowest BCUT2D eigenvalue weighted by molar-refractivity contribution is 0.143. The highest BCUT2D eigenvalue weighted by Crippen LogP contribution is 2.29. The maximum absolute atomic E-state index is 5.49. The molecule has 1 aromatic rings. The average Bonchev–Trinajstić information content (AvgIpc) is 2.59. The van der Waals surface area contributed by atoms with Gasteiger partial charge >= 0.3 is 0 Å². The number of aliphatic imine (C=N–C) groups is 1. The second-order valence-electron chi connectivity index (χ2n) is 6.55. The molecular weight excluding hydrogens is 463 g/mol. The average molecular weight is 494 g/mol. The van der Waals surface area contributed by atoms with E-state index in [0.29, 0.717) is 25.6 Å². The molecule has 0 atom stereocenters. The Hall–Kier alpha value is -0.740. The largest absolute Gasteiger partial charge is 0.475 e. The van der Waals surface area contributed by atoms with E-state index >= 15 is 0 Å². The Labute approximate surface area is 178 Å². The summed E-state index contributed by atoms with van der Waals surface area (Å²) in [6, 6.07) is 3.90. The van der Waals surface area contributed by atoms with Gasteiger partial charge in [-0.3, -0.25) is 0 Å². The lowest BCUT2D eigenvalue weighted by Crippen LogP contribution is -2.50. The van der Waals surface area contributed by atoms with Crippen LogP contribution in [0.4, 0.5) is 0 Å². The molecule has 0 unspecified atom stereocenters. The number of ether oxygens (including phenoxy) is 2. The molecule has 0 aliphatic carbocycles. The number of aromatic nitrogens is 1. The Morgan fingerprint density at radius 3 is 2.81 bits per heavy atom. The summed E-state index contributed by atoms with van der Waals surface area (Å²) in [5, 5.41) is 3.41. The van der Waals surface area contributed by atoms with Gasteiger partial charge in [0.15, 0.2) is 5.96 Å². The fourth-order valence-corrected chi connectivity index (χ4v) is 3.72. The lowest BCUT2D eigenvalue weighted by Gasteiger charge is -2.39. The third kappa shape index (κ3) is 7.87. The molecule has 1 saturated heterocycles. The number of methoxy groups -OCH3 is 1. The van der Waals surface area contributed by atoms with Crippen LogP contribution in [0.1, 0.15) is 26.3 Å². The first-order valence-corrected chi connectivity index (χ1v) is 9.76. The van der Waals surface area contributed by atoms with Crippen molar-refractivity contribution in [3.8, 4) is 5.88 Å². The van der Waals surface area contributed by atoms with Gasteiger partial charge in [0.25, 0.3) is 0 Å². The number of rotatable bonds is 7. The second-order valence-corrected chi connectivity index (χ2v) is 8.35. The zero-order chi connectivity index (χ0) is 18.1. The smallest absolute Gasteiger partial charge is 0.213 e. The number of thioether (sulfide) groups is 1. The van der Waals surface area contributed by atoms with Gasteiger partial charge in [0, 0.05) is 49.5 Å². The number of guanidine groups is 1. The Balaban J connectivity index is 0.00000338. The topological polar surface area (TPSA) is 59.0 Å². The molecular formula is C18H31IN4O2S. The van der Waals surface area contributed by atoms with E-state index in [1.165, 1.54) is 0 Å². The molecule has 0 amide bonds. The van der Waals surface area contributed by atoms with Crippen LogP contribution in [0.3, 0.4) is 0 Å². The van der Waals surface area contributed by atoms with Gasteiger partial charge in [-0.15, -0.1) is 24.0 Å². The van der Waals surface area contributed by atoms with Crippen LogP contribution < -0.4 is 10.1 Å². The summed E-state index contributed by atoms with van der Waals surface area (Å²) in [5.74, 6) is 2.73. The highest BCUT2D eigenvalue weighted by molar-refractivity contribution is 14.0. The predicted octanol–water partition coefficient (Wildman–Crippen LogP) is 3.02. The maximum atomic E-state index is 5.49. The highest BCUT2D eigenvalue weighted by atomic mass is 127. The minimum Gasteiger partial charge on any atom is -0.475 e. The molecule has 148 valence electrons. The summed E-state index contributed by atoms with van der Waals surface area (Å²) in [4.78, 5) is 11.5. The predicted molar refractivity (Wildman–Crippen MR) is 120 cm³/mol. The number of halogens is 1. The molecule has 0 bridgehead atoms. The fourth-order valence-electron chi connectivity index (χ4n) is 2.61. The van der Waals surface area contributed by atoms with Crippen molar-refractivity contribution in [2.75, 3.05) is 45.7 Å². The molecule has 0 radical (unpaired) electrons. The van der Waals surface area contributed by atoms with Crippen LogP contribution in [0.25, 0.3) is 0 Å². The van der Waals surface area contributed by atoms with E-state index in [-0.39, 0.29) is 28.7 Å². The van der Waals surface area contributed by atoms with Gasteiger partial charge in [0.1, 0.15) is 6.61 Å². The first-order chi connectivity index (χ1) is 12.0. The van der Waals surface area contributed by atoms with E-state index in [0.717, 1.165) is 36.9 Å². The quantitative estimate of drug-likeness (QED) is 0.272. The Kier molecular flexibility index (Phi) is 10.6. The zero-order valence-electron chi connectivity index (χ0n) is 16.2. The molecule has 1 N–H and O–H groups in total. The molecule has 1 aliphatic rings. The third-order valence-corrected chi connectivity index (χ3v) is 5.10. The third-order valence-electron chi connectivity index (χ3n) is 3.81. The van der Waals surface area contributed by atoms with E-state index in [2.05, 4.69) is 36.0 Å². The molecule has 6 nitrogen and oxygen atoms in total. The summed E-state index contributed by atoms with van der Waals surface area (Å²) in [6.45, 7) is 11.3. The van der Waals surface area contributed by atoms with Gasteiger partial charge in [-0.05, 0) is 26.3 Å². The maximum Gasteiger partial charge on any atom is 0.213 e. The first-order valence-electron chi connectivity index (χ1n) is 8.78. The van der Waals surface area contributed by atoms with E-state index in [9.17, 15) is 0 Å². The van der Waals surface area contributed by atoms with Gasteiger partial charge < -0.3 is 19.7 Å². The Morgan fingerprint density at radius 1 is 1.38 bits per heavy atom. The Morgan fingerprint density at radius 2 is 2.19 bits per heavy atom. The fraction of sp³-hybridized carbons (Fsp3) is 0.667. The van der Waals surface area contributed by atoms with Crippen LogP contribution in [0.5, 0.6) is 5.88 Å². The lowest BCUT2D eigenvalue weighted by atomic mass is 10.2. The van der Waals surface area contributed by atoms with Crippen LogP contribution in [-0.2, 0) is 11.3 Å². The molecule has 1 fully saturated rings. The number of hydrogen-bond donors (Lipinski definition) is 1. The monoisotopic (exact) mass is 494 g/mol. The van der Waals surface area contributed by atoms with Crippen molar-refractivity contribution in [2.45, 2.75) is 32.1 Å². The molecule has 0 saturated carbocycles.